The zero-order chi connectivity index (χ0) is 17.3. The molecule has 5 nitrogen and oxygen atoms in total. The molecule has 0 aromatic heterocycles. The summed E-state index contributed by atoms with van der Waals surface area (Å²) in [6.45, 7) is 5.45. The number of carbonyl (C=O) groups is 3. The molecule has 0 unspecified atom stereocenters. The van der Waals surface area contributed by atoms with E-state index < -0.39 is 6.04 Å². The van der Waals surface area contributed by atoms with Crippen LogP contribution in [-0.2, 0) is 4.79 Å². The predicted molar refractivity (Wildman–Crippen MR) is 90.6 cm³/mol. The Bertz CT molecular complexity index is 627. The highest BCUT2D eigenvalue weighted by atomic mass is 16.2. The van der Waals surface area contributed by atoms with Crippen LogP contribution < -0.4 is 0 Å². The third kappa shape index (κ3) is 2.95. The molecule has 1 aromatic carbocycles. The largest absolute Gasteiger partial charge is 0.341 e. The van der Waals surface area contributed by atoms with Gasteiger partial charge >= 0.3 is 0 Å². The van der Waals surface area contributed by atoms with Crippen molar-refractivity contribution in [3.05, 3.63) is 35.4 Å². The highest BCUT2D eigenvalue weighted by Crippen LogP contribution is 2.28. The van der Waals surface area contributed by atoms with Gasteiger partial charge in [-0.25, -0.2) is 0 Å². The molecule has 0 bridgehead atoms. The van der Waals surface area contributed by atoms with Gasteiger partial charge in [0.1, 0.15) is 6.04 Å². The van der Waals surface area contributed by atoms with Gasteiger partial charge in [-0.2, -0.15) is 0 Å². The number of rotatable bonds is 4. The van der Waals surface area contributed by atoms with Crippen LogP contribution in [0.1, 0.15) is 60.2 Å². The van der Waals surface area contributed by atoms with Crippen LogP contribution in [0.25, 0.3) is 0 Å². The number of benzene rings is 1. The van der Waals surface area contributed by atoms with Crippen molar-refractivity contribution in [3.8, 4) is 0 Å². The minimum Gasteiger partial charge on any atom is -0.341 e. The molecule has 0 saturated carbocycles. The molecule has 0 N–H and O–H groups in total. The fraction of sp³-hybridized carbons (Fsp3) is 0.526. The van der Waals surface area contributed by atoms with Crippen LogP contribution >= 0.6 is 0 Å². The number of likely N-dealkylation sites (tertiary alicyclic amines) is 1. The standard InChI is InChI=1S/C19H24N2O3/c1-13(2)12-16(19(24)20-10-6-3-7-11-20)21-17(22)14-8-4-5-9-15(14)18(21)23/h4-5,8-9,13,16H,3,6-7,10-12H2,1-2H3/t16-/m1/s1. The molecule has 1 atom stereocenters. The smallest absolute Gasteiger partial charge is 0.262 e. The summed E-state index contributed by atoms with van der Waals surface area (Å²) in [5.74, 6) is -0.552. The lowest BCUT2D eigenvalue weighted by Crippen LogP contribution is -2.52. The Kier molecular flexibility index (Phi) is 4.69. The van der Waals surface area contributed by atoms with E-state index in [9.17, 15) is 14.4 Å². The van der Waals surface area contributed by atoms with Gasteiger partial charge < -0.3 is 4.90 Å². The molecule has 128 valence electrons. The van der Waals surface area contributed by atoms with Gasteiger partial charge in [0.25, 0.3) is 11.8 Å². The van der Waals surface area contributed by atoms with Crippen molar-refractivity contribution in [2.45, 2.75) is 45.6 Å². The summed E-state index contributed by atoms with van der Waals surface area (Å²) in [5.41, 5.74) is 0.811. The SMILES string of the molecule is CC(C)C[C@H](C(=O)N1CCCCC1)N1C(=O)c2ccccc2C1=O. The molecule has 2 aliphatic rings. The quantitative estimate of drug-likeness (QED) is 0.799. The minimum atomic E-state index is -0.699. The molecule has 0 radical (unpaired) electrons. The van der Waals surface area contributed by atoms with E-state index in [0.29, 0.717) is 17.5 Å². The summed E-state index contributed by atoms with van der Waals surface area (Å²) in [6.07, 6.45) is 3.61. The number of piperidine rings is 1. The first-order valence-electron chi connectivity index (χ1n) is 8.76. The molecule has 1 saturated heterocycles. The lowest BCUT2D eigenvalue weighted by atomic mass is 10.00. The van der Waals surface area contributed by atoms with E-state index >= 15 is 0 Å². The summed E-state index contributed by atoms with van der Waals surface area (Å²) in [4.78, 5) is 41.6. The van der Waals surface area contributed by atoms with Crippen LogP contribution in [0.3, 0.4) is 0 Å². The Morgan fingerprint density at radius 2 is 1.54 bits per heavy atom. The van der Waals surface area contributed by atoms with E-state index in [0.717, 1.165) is 32.4 Å². The molecule has 1 fully saturated rings. The topological polar surface area (TPSA) is 57.7 Å². The Labute approximate surface area is 142 Å². The number of imide groups is 1. The van der Waals surface area contributed by atoms with Gasteiger partial charge in [0.2, 0.25) is 5.91 Å². The summed E-state index contributed by atoms with van der Waals surface area (Å²) < 4.78 is 0. The van der Waals surface area contributed by atoms with Crippen LogP contribution in [0, 0.1) is 5.92 Å². The molecule has 5 heteroatoms. The molecular weight excluding hydrogens is 304 g/mol. The van der Waals surface area contributed by atoms with Gasteiger partial charge in [0, 0.05) is 13.1 Å². The average Bonchev–Trinajstić information content (AvgIpc) is 2.84. The number of carbonyl (C=O) groups excluding carboxylic acids is 3. The van der Waals surface area contributed by atoms with Gasteiger partial charge in [-0.3, -0.25) is 19.3 Å². The van der Waals surface area contributed by atoms with E-state index in [1.165, 1.54) is 4.90 Å². The van der Waals surface area contributed by atoms with Crippen molar-refractivity contribution in [2.24, 2.45) is 5.92 Å². The molecule has 1 aromatic rings. The van der Waals surface area contributed by atoms with Gasteiger partial charge in [0.05, 0.1) is 11.1 Å². The first-order valence-corrected chi connectivity index (χ1v) is 8.76. The molecule has 24 heavy (non-hydrogen) atoms. The summed E-state index contributed by atoms with van der Waals surface area (Å²) in [5, 5.41) is 0. The fourth-order valence-corrected chi connectivity index (χ4v) is 3.58. The zero-order valence-corrected chi connectivity index (χ0v) is 14.3. The number of fused-ring (bicyclic) bond motifs is 1. The van der Waals surface area contributed by atoms with Crippen molar-refractivity contribution in [1.29, 1.82) is 0 Å². The molecular formula is C19H24N2O3. The van der Waals surface area contributed by atoms with Crippen LogP contribution in [0.5, 0.6) is 0 Å². The second-order valence-electron chi connectivity index (χ2n) is 7.06. The van der Waals surface area contributed by atoms with Crippen molar-refractivity contribution < 1.29 is 14.4 Å². The Balaban J connectivity index is 1.90. The average molecular weight is 328 g/mol. The second kappa shape index (κ2) is 6.75. The van der Waals surface area contributed by atoms with Crippen molar-refractivity contribution in [2.75, 3.05) is 13.1 Å². The van der Waals surface area contributed by atoms with Gasteiger partial charge in [-0.1, -0.05) is 26.0 Å². The monoisotopic (exact) mass is 328 g/mol. The first kappa shape index (κ1) is 16.7. The van der Waals surface area contributed by atoms with Crippen LogP contribution in [-0.4, -0.2) is 46.7 Å². The highest BCUT2D eigenvalue weighted by Gasteiger charge is 2.43. The van der Waals surface area contributed by atoms with Gasteiger partial charge in [0.15, 0.2) is 0 Å². The van der Waals surface area contributed by atoms with E-state index in [1.807, 2.05) is 18.7 Å². The van der Waals surface area contributed by atoms with E-state index in [1.54, 1.807) is 24.3 Å². The van der Waals surface area contributed by atoms with Crippen molar-refractivity contribution >= 4 is 17.7 Å². The summed E-state index contributed by atoms with van der Waals surface area (Å²) in [7, 11) is 0. The Morgan fingerprint density at radius 3 is 2.04 bits per heavy atom. The third-order valence-corrected chi connectivity index (χ3v) is 4.78. The van der Waals surface area contributed by atoms with E-state index in [2.05, 4.69) is 0 Å². The number of hydrogen-bond donors (Lipinski definition) is 0. The summed E-state index contributed by atoms with van der Waals surface area (Å²) in [6, 6.07) is 6.12. The van der Waals surface area contributed by atoms with Gasteiger partial charge in [-0.05, 0) is 43.7 Å². The molecule has 0 aliphatic carbocycles. The molecule has 3 amide bonds. The maximum atomic E-state index is 13.0. The normalized spacial score (nSPS) is 19.0. The molecule has 3 rings (SSSR count). The third-order valence-electron chi connectivity index (χ3n) is 4.78. The first-order chi connectivity index (χ1) is 11.5. The second-order valence-corrected chi connectivity index (χ2v) is 7.06. The minimum absolute atomic E-state index is 0.0853. The lowest BCUT2D eigenvalue weighted by molar-refractivity contribution is -0.136. The lowest BCUT2D eigenvalue weighted by Gasteiger charge is -2.34. The molecule has 2 aliphatic heterocycles. The Hall–Kier alpha value is -2.17. The predicted octanol–water partition coefficient (Wildman–Crippen LogP) is 2.71. The Morgan fingerprint density at radius 1 is 1.00 bits per heavy atom. The maximum Gasteiger partial charge on any atom is 0.262 e. The van der Waals surface area contributed by atoms with Crippen molar-refractivity contribution in [3.63, 3.8) is 0 Å². The maximum absolute atomic E-state index is 13.0. The highest BCUT2D eigenvalue weighted by molar-refractivity contribution is 6.22. The number of hydrogen-bond acceptors (Lipinski definition) is 3. The summed E-state index contributed by atoms with van der Waals surface area (Å²) >= 11 is 0. The van der Waals surface area contributed by atoms with Gasteiger partial charge in [-0.15, -0.1) is 0 Å². The van der Waals surface area contributed by atoms with E-state index in [4.69, 9.17) is 0 Å². The number of amides is 3. The fourth-order valence-electron chi connectivity index (χ4n) is 3.58. The van der Waals surface area contributed by atoms with Crippen LogP contribution in [0.4, 0.5) is 0 Å². The van der Waals surface area contributed by atoms with Crippen LogP contribution in [0.2, 0.25) is 0 Å². The molecule has 0 spiro atoms. The molecule has 2 heterocycles. The van der Waals surface area contributed by atoms with E-state index in [-0.39, 0.29) is 23.6 Å². The van der Waals surface area contributed by atoms with Crippen molar-refractivity contribution in [1.82, 2.24) is 9.80 Å². The number of nitrogens with zero attached hydrogens (tertiary/aromatic N) is 2. The van der Waals surface area contributed by atoms with Crippen LogP contribution in [0.15, 0.2) is 24.3 Å². The zero-order valence-electron chi connectivity index (χ0n) is 14.3.